The summed E-state index contributed by atoms with van der Waals surface area (Å²) < 4.78 is 11.1. The topological polar surface area (TPSA) is 63.5 Å². The molecule has 3 atom stereocenters. The maximum Gasteiger partial charge on any atom is 0.315 e. The molecule has 0 spiro atoms. The van der Waals surface area contributed by atoms with Gasteiger partial charge in [0.15, 0.2) is 0 Å². The van der Waals surface area contributed by atoms with Crippen molar-refractivity contribution in [3.05, 3.63) is 60.1 Å². The van der Waals surface area contributed by atoms with Gasteiger partial charge in [-0.15, -0.1) is 0 Å². The van der Waals surface area contributed by atoms with E-state index in [1.807, 2.05) is 37.3 Å². The van der Waals surface area contributed by atoms with E-state index in [0.29, 0.717) is 12.5 Å². The molecule has 0 aliphatic carbocycles. The van der Waals surface area contributed by atoms with Crippen LogP contribution in [0.25, 0.3) is 0 Å². The molecule has 122 valence electrons. The second kappa shape index (κ2) is 7.33. The predicted octanol–water partition coefficient (Wildman–Crippen LogP) is 3.42. The maximum atomic E-state index is 12.0. The number of amides is 2. The molecule has 0 unspecified atom stereocenters. The summed E-state index contributed by atoms with van der Waals surface area (Å²) in [7, 11) is 0. The Morgan fingerprint density at radius 3 is 2.83 bits per heavy atom. The summed E-state index contributed by atoms with van der Waals surface area (Å²) in [5.41, 5.74) is 1.17. The van der Waals surface area contributed by atoms with Gasteiger partial charge >= 0.3 is 6.03 Å². The highest BCUT2D eigenvalue weighted by molar-refractivity contribution is 5.74. The smallest absolute Gasteiger partial charge is 0.315 e. The Morgan fingerprint density at radius 2 is 2.09 bits per heavy atom. The van der Waals surface area contributed by atoms with E-state index in [1.165, 1.54) is 5.56 Å². The minimum Gasteiger partial charge on any atom is -0.467 e. The van der Waals surface area contributed by atoms with Crippen molar-refractivity contribution >= 4 is 6.03 Å². The van der Waals surface area contributed by atoms with Crippen LogP contribution in [-0.4, -0.2) is 19.2 Å². The third-order valence-electron chi connectivity index (χ3n) is 4.18. The molecule has 2 amide bonds. The number of carbonyl (C=O) groups is 1. The van der Waals surface area contributed by atoms with Crippen LogP contribution in [0.3, 0.4) is 0 Å². The summed E-state index contributed by atoms with van der Waals surface area (Å²) in [4.78, 5) is 12.0. The van der Waals surface area contributed by atoms with Crippen molar-refractivity contribution in [3.8, 4) is 0 Å². The minimum atomic E-state index is -0.187. The molecule has 2 N–H and O–H groups in total. The van der Waals surface area contributed by atoms with Crippen molar-refractivity contribution < 1.29 is 13.9 Å². The van der Waals surface area contributed by atoms with E-state index in [9.17, 15) is 4.79 Å². The molecule has 1 aliphatic rings. The van der Waals surface area contributed by atoms with Crippen molar-refractivity contribution in [2.45, 2.75) is 25.5 Å². The molecule has 5 nitrogen and oxygen atoms in total. The molecular weight excluding hydrogens is 292 g/mol. The maximum absolute atomic E-state index is 12.0. The fraction of sp³-hybridized carbons (Fsp3) is 0.389. The van der Waals surface area contributed by atoms with Crippen molar-refractivity contribution in [2.24, 2.45) is 5.92 Å². The number of carbonyl (C=O) groups excluding carboxylic acids is 1. The molecule has 23 heavy (non-hydrogen) atoms. The van der Waals surface area contributed by atoms with Gasteiger partial charge in [-0.2, -0.15) is 0 Å². The lowest BCUT2D eigenvalue weighted by atomic mass is 9.95. The molecule has 0 saturated carbocycles. The van der Waals surface area contributed by atoms with Gasteiger partial charge in [0.05, 0.1) is 18.4 Å². The first-order valence-corrected chi connectivity index (χ1v) is 7.98. The van der Waals surface area contributed by atoms with Gasteiger partial charge in [0.1, 0.15) is 5.76 Å². The molecule has 0 bridgehead atoms. The highest BCUT2D eigenvalue weighted by Gasteiger charge is 2.29. The number of furan rings is 1. The van der Waals surface area contributed by atoms with Crippen LogP contribution in [0.5, 0.6) is 0 Å². The molecule has 1 fully saturated rings. The normalized spacial score (nSPS) is 21.8. The lowest BCUT2D eigenvalue weighted by Crippen LogP contribution is -2.39. The first-order chi connectivity index (χ1) is 11.2. The molecule has 1 saturated heterocycles. The average Bonchev–Trinajstić information content (AvgIpc) is 3.25. The Labute approximate surface area is 136 Å². The standard InChI is InChI=1S/C18H22N2O3/c1-13(16-8-5-10-22-16)20-18(21)19-12-15-9-11-23-17(15)14-6-3-2-4-7-14/h2-8,10,13,15,17H,9,11-12H2,1H3,(H2,19,20,21)/t13-,15-,17-/m1/s1. The van der Waals surface area contributed by atoms with Gasteiger partial charge < -0.3 is 19.8 Å². The lowest BCUT2D eigenvalue weighted by Gasteiger charge is -2.20. The molecular formula is C18H22N2O3. The monoisotopic (exact) mass is 314 g/mol. The van der Waals surface area contributed by atoms with Crippen LogP contribution in [0.2, 0.25) is 0 Å². The molecule has 3 rings (SSSR count). The number of rotatable bonds is 5. The van der Waals surface area contributed by atoms with Crippen LogP contribution in [0.1, 0.15) is 36.8 Å². The Hall–Kier alpha value is -2.27. The van der Waals surface area contributed by atoms with E-state index >= 15 is 0 Å². The number of hydrogen-bond acceptors (Lipinski definition) is 3. The Morgan fingerprint density at radius 1 is 1.26 bits per heavy atom. The van der Waals surface area contributed by atoms with Crippen LogP contribution in [0.15, 0.2) is 53.1 Å². The first kappa shape index (κ1) is 15.6. The van der Waals surface area contributed by atoms with E-state index in [0.717, 1.165) is 18.8 Å². The Kier molecular flexibility index (Phi) is 4.98. The summed E-state index contributed by atoms with van der Waals surface area (Å²) in [5.74, 6) is 1.04. The summed E-state index contributed by atoms with van der Waals surface area (Å²) in [6.45, 7) is 3.22. The van der Waals surface area contributed by atoms with Crippen LogP contribution in [0.4, 0.5) is 4.79 Å². The van der Waals surface area contributed by atoms with Gasteiger partial charge in [-0.05, 0) is 31.0 Å². The minimum absolute atomic E-state index is 0.0546. The first-order valence-electron chi connectivity index (χ1n) is 7.98. The zero-order chi connectivity index (χ0) is 16.1. The SMILES string of the molecule is C[C@@H](NC(=O)NC[C@H]1CCO[C@@H]1c1ccccc1)c1ccco1. The highest BCUT2D eigenvalue weighted by Crippen LogP contribution is 2.33. The van der Waals surface area contributed by atoms with E-state index < -0.39 is 0 Å². The van der Waals surface area contributed by atoms with Gasteiger partial charge in [0, 0.05) is 19.1 Å². The third-order valence-corrected chi connectivity index (χ3v) is 4.18. The third kappa shape index (κ3) is 3.93. The molecule has 1 aromatic carbocycles. The zero-order valence-electron chi connectivity index (χ0n) is 13.2. The summed E-state index contributed by atoms with van der Waals surface area (Å²) in [5, 5.41) is 5.82. The zero-order valence-corrected chi connectivity index (χ0v) is 13.2. The number of benzene rings is 1. The van der Waals surface area contributed by atoms with E-state index in [4.69, 9.17) is 9.15 Å². The summed E-state index contributed by atoms with van der Waals surface area (Å²) in [6.07, 6.45) is 2.61. The van der Waals surface area contributed by atoms with Crippen LogP contribution < -0.4 is 10.6 Å². The van der Waals surface area contributed by atoms with Gasteiger partial charge in [0.25, 0.3) is 0 Å². The molecule has 1 aromatic heterocycles. The molecule has 2 aromatic rings. The number of nitrogens with one attached hydrogen (secondary N) is 2. The number of hydrogen-bond donors (Lipinski definition) is 2. The second-order valence-electron chi connectivity index (χ2n) is 5.84. The molecule has 0 radical (unpaired) electrons. The lowest BCUT2D eigenvalue weighted by molar-refractivity contribution is 0.0909. The predicted molar refractivity (Wildman–Crippen MR) is 86.9 cm³/mol. The Balaban J connectivity index is 1.50. The van der Waals surface area contributed by atoms with Gasteiger partial charge in [0.2, 0.25) is 0 Å². The fourth-order valence-corrected chi connectivity index (χ4v) is 2.93. The Bertz CT molecular complexity index is 612. The largest absolute Gasteiger partial charge is 0.467 e. The van der Waals surface area contributed by atoms with Crippen molar-refractivity contribution in [1.29, 1.82) is 0 Å². The van der Waals surface area contributed by atoms with Gasteiger partial charge in [-0.25, -0.2) is 4.79 Å². The van der Waals surface area contributed by atoms with Crippen molar-refractivity contribution in [1.82, 2.24) is 10.6 Å². The quantitative estimate of drug-likeness (QED) is 0.889. The highest BCUT2D eigenvalue weighted by atomic mass is 16.5. The van der Waals surface area contributed by atoms with E-state index in [-0.39, 0.29) is 18.2 Å². The number of urea groups is 1. The van der Waals surface area contributed by atoms with Crippen molar-refractivity contribution in [3.63, 3.8) is 0 Å². The van der Waals surface area contributed by atoms with Crippen molar-refractivity contribution in [2.75, 3.05) is 13.2 Å². The van der Waals surface area contributed by atoms with Crippen LogP contribution in [0, 0.1) is 5.92 Å². The van der Waals surface area contributed by atoms with Crippen LogP contribution in [-0.2, 0) is 4.74 Å². The molecule has 2 heterocycles. The molecule has 1 aliphatic heterocycles. The van der Waals surface area contributed by atoms with Crippen LogP contribution >= 0.6 is 0 Å². The summed E-state index contributed by atoms with van der Waals surface area (Å²) in [6, 6.07) is 13.5. The van der Waals surface area contributed by atoms with E-state index in [1.54, 1.807) is 6.26 Å². The summed E-state index contributed by atoms with van der Waals surface area (Å²) >= 11 is 0. The molecule has 5 heteroatoms. The number of ether oxygens (including phenoxy) is 1. The van der Waals surface area contributed by atoms with Gasteiger partial charge in [-0.3, -0.25) is 0 Å². The average molecular weight is 314 g/mol. The second-order valence-corrected chi connectivity index (χ2v) is 5.84. The van der Waals surface area contributed by atoms with Gasteiger partial charge in [-0.1, -0.05) is 30.3 Å². The van der Waals surface area contributed by atoms with E-state index in [2.05, 4.69) is 22.8 Å². The fourth-order valence-electron chi connectivity index (χ4n) is 2.93.